The van der Waals surface area contributed by atoms with Gasteiger partial charge in [0.1, 0.15) is 5.02 Å². The van der Waals surface area contributed by atoms with Gasteiger partial charge < -0.3 is 10.1 Å². The molecule has 2 aromatic rings. The molecule has 4 heteroatoms. The molecule has 0 saturated heterocycles. The lowest BCUT2D eigenvalue weighted by atomic mass is 10.2. The van der Waals surface area contributed by atoms with E-state index in [1.807, 2.05) is 0 Å². The van der Waals surface area contributed by atoms with Crippen LogP contribution in [0.4, 0.5) is 0 Å². The third-order valence-corrected chi connectivity index (χ3v) is 2.38. The molecule has 0 fully saturated rings. The highest BCUT2D eigenvalue weighted by Crippen LogP contribution is 2.36. The van der Waals surface area contributed by atoms with Crippen molar-refractivity contribution >= 4 is 34.1 Å². The molecule has 0 aliphatic heterocycles. The zero-order chi connectivity index (χ0) is 8.72. The average molecular weight is 202 g/mol. The second-order valence-electron chi connectivity index (χ2n) is 2.45. The molecule has 1 aromatic carbocycles. The Morgan fingerprint density at radius 1 is 1.25 bits per heavy atom. The second-order valence-corrected chi connectivity index (χ2v) is 3.24. The van der Waals surface area contributed by atoms with Gasteiger partial charge in [-0.25, -0.2) is 0 Å². The largest absolute Gasteiger partial charge is 0.494 e. The molecule has 0 spiro atoms. The van der Waals surface area contributed by atoms with E-state index in [-0.39, 0.29) is 10.9 Å². The van der Waals surface area contributed by atoms with Gasteiger partial charge in [0.05, 0.1) is 10.5 Å². The van der Waals surface area contributed by atoms with Gasteiger partial charge in [-0.2, -0.15) is 0 Å². The Labute approximate surface area is 78.7 Å². The quantitative estimate of drug-likeness (QED) is 0.676. The van der Waals surface area contributed by atoms with E-state index in [1.54, 1.807) is 18.2 Å². The maximum atomic E-state index is 9.22. The number of aromatic hydroxyl groups is 1. The van der Waals surface area contributed by atoms with Crippen LogP contribution in [0.5, 0.6) is 5.88 Å². The van der Waals surface area contributed by atoms with Gasteiger partial charge in [-0.15, -0.1) is 0 Å². The Bertz CT molecular complexity index is 436. The fourth-order valence-corrected chi connectivity index (χ4v) is 1.72. The van der Waals surface area contributed by atoms with Crippen molar-refractivity contribution in [3.05, 3.63) is 28.2 Å². The smallest absolute Gasteiger partial charge is 0.208 e. The van der Waals surface area contributed by atoms with E-state index < -0.39 is 0 Å². The monoisotopic (exact) mass is 201 g/mol. The lowest BCUT2D eigenvalue weighted by Crippen LogP contribution is -1.67. The van der Waals surface area contributed by atoms with E-state index in [2.05, 4.69) is 4.98 Å². The van der Waals surface area contributed by atoms with Gasteiger partial charge in [0.15, 0.2) is 0 Å². The first-order valence-electron chi connectivity index (χ1n) is 3.35. The minimum absolute atomic E-state index is 0.0419. The summed E-state index contributed by atoms with van der Waals surface area (Å²) in [5.74, 6) is -0.0419. The molecule has 62 valence electrons. The third-order valence-electron chi connectivity index (χ3n) is 1.69. The van der Waals surface area contributed by atoms with Crippen molar-refractivity contribution in [3.8, 4) is 5.88 Å². The maximum absolute atomic E-state index is 9.22. The van der Waals surface area contributed by atoms with Crippen LogP contribution in [0.15, 0.2) is 18.2 Å². The molecule has 0 aliphatic rings. The molecular formula is C8H5Cl2NO. The molecule has 1 aromatic heterocycles. The number of aromatic amines is 1. The molecule has 0 radical (unpaired) electrons. The molecule has 2 nitrogen and oxygen atoms in total. The van der Waals surface area contributed by atoms with Gasteiger partial charge in [-0.3, -0.25) is 0 Å². The van der Waals surface area contributed by atoms with Crippen molar-refractivity contribution in [1.82, 2.24) is 4.98 Å². The lowest BCUT2D eigenvalue weighted by molar-refractivity contribution is 0.459. The predicted molar refractivity (Wildman–Crippen MR) is 50.0 cm³/mol. The highest BCUT2D eigenvalue weighted by molar-refractivity contribution is 6.43. The number of fused-ring (bicyclic) bond motifs is 1. The summed E-state index contributed by atoms with van der Waals surface area (Å²) in [6.07, 6.45) is 0. The molecule has 2 N–H and O–H groups in total. The van der Waals surface area contributed by atoms with Crippen molar-refractivity contribution in [3.63, 3.8) is 0 Å². The third kappa shape index (κ3) is 0.958. The highest BCUT2D eigenvalue weighted by Gasteiger charge is 2.10. The summed E-state index contributed by atoms with van der Waals surface area (Å²) in [6, 6.07) is 5.31. The first-order chi connectivity index (χ1) is 5.70. The van der Waals surface area contributed by atoms with E-state index in [1.165, 1.54) is 0 Å². The number of benzene rings is 1. The second kappa shape index (κ2) is 2.57. The number of nitrogens with one attached hydrogen (secondary N) is 1. The van der Waals surface area contributed by atoms with Crippen molar-refractivity contribution in [2.45, 2.75) is 0 Å². The van der Waals surface area contributed by atoms with Crippen LogP contribution in [0, 0.1) is 0 Å². The average Bonchev–Trinajstić information content (AvgIpc) is 2.29. The van der Waals surface area contributed by atoms with Gasteiger partial charge >= 0.3 is 0 Å². The number of halogens is 2. The predicted octanol–water partition coefficient (Wildman–Crippen LogP) is 3.18. The number of rotatable bonds is 0. The van der Waals surface area contributed by atoms with Gasteiger partial charge in [-0.05, 0) is 12.1 Å². The van der Waals surface area contributed by atoms with E-state index in [9.17, 15) is 5.11 Å². The van der Waals surface area contributed by atoms with Crippen molar-refractivity contribution < 1.29 is 5.11 Å². The van der Waals surface area contributed by atoms with Crippen LogP contribution in [0.1, 0.15) is 0 Å². The zero-order valence-electron chi connectivity index (χ0n) is 5.94. The summed E-state index contributed by atoms with van der Waals surface area (Å²) < 4.78 is 0. The summed E-state index contributed by atoms with van der Waals surface area (Å²) in [7, 11) is 0. The molecule has 1 heterocycles. The first-order valence-corrected chi connectivity index (χ1v) is 4.10. The molecule has 0 amide bonds. The fourth-order valence-electron chi connectivity index (χ4n) is 1.15. The summed E-state index contributed by atoms with van der Waals surface area (Å²) in [4.78, 5) is 2.71. The summed E-state index contributed by atoms with van der Waals surface area (Å²) >= 11 is 11.6. The van der Waals surface area contributed by atoms with Crippen LogP contribution in [0.3, 0.4) is 0 Å². The molecular weight excluding hydrogens is 197 g/mol. The van der Waals surface area contributed by atoms with Crippen molar-refractivity contribution in [2.24, 2.45) is 0 Å². The van der Waals surface area contributed by atoms with Crippen LogP contribution in [0.25, 0.3) is 10.9 Å². The normalized spacial score (nSPS) is 10.8. The maximum Gasteiger partial charge on any atom is 0.208 e. The fraction of sp³-hybridized carbons (Fsp3) is 0. The molecule has 0 bridgehead atoms. The molecule has 0 atom stereocenters. The van der Waals surface area contributed by atoms with Crippen LogP contribution in [-0.4, -0.2) is 10.1 Å². The molecule has 0 unspecified atom stereocenters. The Hall–Kier alpha value is -0.860. The Balaban J connectivity index is 2.97. The molecule has 0 saturated carbocycles. The molecule has 0 aliphatic carbocycles. The molecule has 2 rings (SSSR count). The number of hydrogen-bond donors (Lipinski definition) is 2. The Morgan fingerprint density at radius 3 is 2.67 bits per heavy atom. The zero-order valence-corrected chi connectivity index (χ0v) is 7.45. The SMILES string of the molecule is Oc1[nH]c2cccc(Cl)c2c1Cl. The van der Waals surface area contributed by atoms with E-state index >= 15 is 0 Å². The number of H-pyrrole nitrogens is 1. The lowest BCUT2D eigenvalue weighted by Gasteiger charge is -1.91. The van der Waals surface area contributed by atoms with Crippen molar-refractivity contribution in [2.75, 3.05) is 0 Å². The van der Waals surface area contributed by atoms with Crippen molar-refractivity contribution in [1.29, 1.82) is 0 Å². The number of aromatic nitrogens is 1. The summed E-state index contributed by atoms with van der Waals surface area (Å²) in [6.45, 7) is 0. The molecule has 12 heavy (non-hydrogen) atoms. The van der Waals surface area contributed by atoms with E-state index in [4.69, 9.17) is 23.2 Å². The van der Waals surface area contributed by atoms with Gasteiger partial charge in [0.2, 0.25) is 5.88 Å². The van der Waals surface area contributed by atoms with Crippen LogP contribution in [0.2, 0.25) is 10.0 Å². The topological polar surface area (TPSA) is 36.0 Å². The van der Waals surface area contributed by atoms with Gasteiger partial charge in [-0.1, -0.05) is 29.3 Å². The highest BCUT2D eigenvalue weighted by atomic mass is 35.5. The Morgan fingerprint density at radius 2 is 2.00 bits per heavy atom. The van der Waals surface area contributed by atoms with Gasteiger partial charge in [0, 0.05) is 5.39 Å². The summed E-state index contributed by atoms with van der Waals surface area (Å²) in [5, 5.41) is 10.7. The van der Waals surface area contributed by atoms with Gasteiger partial charge in [0.25, 0.3) is 0 Å². The first kappa shape index (κ1) is 7.77. The van der Waals surface area contributed by atoms with E-state index in [0.29, 0.717) is 10.4 Å². The Kier molecular flexibility index (Phi) is 1.67. The summed E-state index contributed by atoms with van der Waals surface area (Å²) in [5.41, 5.74) is 0.741. The number of hydrogen-bond acceptors (Lipinski definition) is 1. The standard InChI is InChI=1S/C8H5Cl2NO/c9-4-2-1-3-5-6(4)7(10)8(12)11-5/h1-3,11-12H. The van der Waals surface area contributed by atoms with E-state index in [0.717, 1.165) is 5.52 Å². The van der Waals surface area contributed by atoms with Crippen LogP contribution in [-0.2, 0) is 0 Å². The minimum Gasteiger partial charge on any atom is -0.494 e. The minimum atomic E-state index is -0.0419. The van der Waals surface area contributed by atoms with Crippen LogP contribution >= 0.6 is 23.2 Å². The van der Waals surface area contributed by atoms with Crippen LogP contribution < -0.4 is 0 Å².